The fourth-order valence-corrected chi connectivity index (χ4v) is 6.76. The van der Waals surface area contributed by atoms with Gasteiger partial charge in [0.25, 0.3) is 15.9 Å². The SMILES string of the molecule is COc1ccc(S(=O)(=O)N2CC(C(=O)NCc3cccc(CN4CCCC4)c3)Oc3ccc(C(C)(C)C)cc32)cc1. The maximum absolute atomic E-state index is 13.9. The van der Waals surface area contributed by atoms with Gasteiger partial charge in [0.1, 0.15) is 11.5 Å². The predicted octanol–water partition coefficient (Wildman–Crippen LogP) is 4.86. The van der Waals surface area contributed by atoms with Gasteiger partial charge in [-0.3, -0.25) is 14.0 Å². The van der Waals surface area contributed by atoms with Crippen LogP contribution in [-0.2, 0) is 33.3 Å². The molecule has 1 saturated heterocycles. The highest BCUT2D eigenvalue weighted by Crippen LogP contribution is 2.40. The first-order chi connectivity index (χ1) is 19.5. The molecular formula is C32H39N3O5S. The van der Waals surface area contributed by atoms with Crippen LogP contribution >= 0.6 is 0 Å². The number of nitrogens with zero attached hydrogens (tertiary/aromatic N) is 2. The van der Waals surface area contributed by atoms with Crippen LogP contribution in [0.1, 0.15) is 50.3 Å². The van der Waals surface area contributed by atoms with Crippen LogP contribution in [0.5, 0.6) is 11.5 Å². The highest BCUT2D eigenvalue weighted by atomic mass is 32.2. The number of anilines is 1. The first-order valence-electron chi connectivity index (χ1n) is 14.1. The summed E-state index contributed by atoms with van der Waals surface area (Å²) in [5, 5.41) is 2.97. The van der Waals surface area contributed by atoms with Gasteiger partial charge in [0.15, 0.2) is 6.10 Å². The molecule has 1 unspecified atom stereocenters. The highest BCUT2D eigenvalue weighted by molar-refractivity contribution is 7.92. The molecule has 9 heteroatoms. The lowest BCUT2D eigenvalue weighted by Crippen LogP contribution is -2.50. The maximum atomic E-state index is 13.9. The van der Waals surface area contributed by atoms with E-state index in [2.05, 4.69) is 43.1 Å². The normalized spacial score (nSPS) is 17.6. The zero-order chi connectivity index (χ0) is 29.2. The molecule has 2 aliphatic heterocycles. The number of likely N-dealkylation sites (tertiary alicyclic amines) is 1. The molecule has 8 nitrogen and oxygen atoms in total. The Kier molecular flexibility index (Phi) is 8.29. The Labute approximate surface area is 243 Å². The van der Waals surface area contributed by atoms with Crippen molar-refractivity contribution < 1.29 is 22.7 Å². The standard InChI is InChI=1S/C32H39N3O5S/c1-32(2,3)25-10-15-29-28(19-25)35(41(37,38)27-13-11-26(39-4)12-14-27)22-30(40-29)31(36)33-20-23-8-7-9-24(18-23)21-34-16-5-6-17-34/h7-15,18-19,30H,5-6,16-17,20-22H2,1-4H3,(H,33,36). The van der Waals surface area contributed by atoms with Gasteiger partial charge in [-0.1, -0.05) is 51.1 Å². The molecule has 5 rings (SSSR count). The van der Waals surface area contributed by atoms with E-state index in [4.69, 9.17) is 9.47 Å². The topological polar surface area (TPSA) is 88.2 Å². The third kappa shape index (κ3) is 6.52. The lowest BCUT2D eigenvalue weighted by Gasteiger charge is -2.36. The van der Waals surface area contributed by atoms with Gasteiger partial charge < -0.3 is 14.8 Å². The number of amides is 1. The van der Waals surface area contributed by atoms with E-state index in [0.29, 0.717) is 23.7 Å². The van der Waals surface area contributed by atoms with E-state index < -0.39 is 16.1 Å². The molecule has 41 heavy (non-hydrogen) atoms. The summed E-state index contributed by atoms with van der Waals surface area (Å²) in [5.74, 6) is 0.549. The second-order valence-corrected chi connectivity index (χ2v) is 13.6. The average molecular weight is 578 g/mol. The second-order valence-electron chi connectivity index (χ2n) is 11.8. The Morgan fingerprint density at radius 1 is 1.00 bits per heavy atom. The quantitative estimate of drug-likeness (QED) is 0.412. The van der Waals surface area contributed by atoms with Crippen LogP contribution in [0.2, 0.25) is 0 Å². The van der Waals surface area contributed by atoms with E-state index in [1.165, 1.54) is 42.0 Å². The Bertz CT molecular complexity index is 1490. The van der Waals surface area contributed by atoms with Crippen molar-refractivity contribution in [2.75, 3.05) is 31.0 Å². The van der Waals surface area contributed by atoms with Crippen molar-refractivity contribution in [3.8, 4) is 11.5 Å². The summed E-state index contributed by atoms with van der Waals surface area (Å²) in [6, 6.07) is 20.0. The molecule has 0 bridgehead atoms. The minimum atomic E-state index is -4.00. The molecule has 218 valence electrons. The molecule has 2 aliphatic rings. The number of hydrogen-bond acceptors (Lipinski definition) is 6. The van der Waals surface area contributed by atoms with Crippen molar-refractivity contribution in [3.63, 3.8) is 0 Å². The van der Waals surface area contributed by atoms with Crippen LogP contribution < -0.4 is 19.1 Å². The zero-order valence-corrected chi connectivity index (χ0v) is 25.0. The fourth-order valence-electron chi connectivity index (χ4n) is 5.30. The van der Waals surface area contributed by atoms with Gasteiger partial charge in [0.2, 0.25) is 0 Å². The number of carbonyl (C=O) groups is 1. The number of hydrogen-bond donors (Lipinski definition) is 1. The molecule has 1 N–H and O–H groups in total. The van der Waals surface area contributed by atoms with Gasteiger partial charge in [0.05, 0.1) is 24.2 Å². The number of ether oxygens (including phenoxy) is 2. The Hall–Kier alpha value is -3.56. The largest absolute Gasteiger partial charge is 0.497 e. The highest BCUT2D eigenvalue weighted by Gasteiger charge is 2.38. The summed E-state index contributed by atoms with van der Waals surface area (Å²) in [6.07, 6.45) is 1.47. The predicted molar refractivity (Wildman–Crippen MR) is 160 cm³/mol. The molecular weight excluding hydrogens is 538 g/mol. The third-order valence-corrected chi connectivity index (χ3v) is 9.49. The molecule has 1 fully saturated rings. The number of rotatable bonds is 8. The number of fused-ring (bicyclic) bond motifs is 1. The maximum Gasteiger partial charge on any atom is 0.264 e. The van der Waals surface area contributed by atoms with Gasteiger partial charge in [-0.25, -0.2) is 8.42 Å². The van der Waals surface area contributed by atoms with Gasteiger partial charge in [-0.15, -0.1) is 0 Å². The molecule has 1 atom stereocenters. The molecule has 0 spiro atoms. The lowest BCUT2D eigenvalue weighted by molar-refractivity contribution is -0.127. The van der Waals surface area contributed by atoms with Crippen molar-refractivity contribution in [1.29, 1.82) is 0 Å². The zero-order valence-electron chi connectivity index (χ0n) is 24.2. The van der Waals surface area contributed by atoms with Gasteiger partial charge in [-0.05, 0) is 84.4 Å². The first kappa shape index (κ1) is 29.0. The summed E-state index contributed by atoms with van der Waals surface area (Å²) >= 11 is 0. The van der Waals surface area contributed by atoms with Crippen LogP contribution in [-0.4, -0.2) is 52.1 Å². The van der Waals surface area contributed by atoms with Crippen LogP contribution in [0.3, 0.4) is 0 Å². The van der Waals surface area contributed by atoms with Crippen LogP contribution in [0.4, 0.5) is 5.69 Å². The molecule has 0 aliphatic carbocycles. The van der Waals surface area contributed by atoms with E-state index in [0.717, 1.165) is 30.8 Å². The van der Waals surface area contributed by atoms with E-state index >= 15 is 0 Å². The lowest BCUT2D eigenvalue weighted by atomic mass is 9.86. The van der Waals surface area contributed by atoms with Gasteiger partial charge in [-0.2, -0.15) is 0 Å². The number of nitrogens with one attached hydrogen (secondary N) is 1. The summed E-state index contributed by atoms with van der Waals surface area (Å²) in [7, 11) is -2.47. The molecule has 2 heterocycles. The number of methoxy groups -OCH3 is 1. The Balaban J connectivity index is 1.37. The van der Waals surface area contributed by atoms with Gasteiger partial charge >= 0.3 is 0 Å². The summed E-state index contributed by atoms with van der Waals surface area (Å²) in [5.41, 5.74) is 3.39. The summed E-state index contributed by atoms with van der Waals surface area (Å²) in [6.45, 7) is 9.52. The second kappa shape index (κ2) is 11.7. The Morgan fingerprint density at radius 3 is 2.39 bits per heavy atom. The molecule has 3 aromatic carbocycles. The Morgan fingerprint density at radius 2 is 1.71 bits per heavy atom. The fraction of sp³-hybridized carbons (Fsp3) is 0.406. The van der Waals surface area contributed by atoms with Crippen LogP contribution in [0, 0.1) is 0 Å². The van der Waals surface area contributed by atoms with Gasteiger partial charge in [0, 0.05) is 13.1 Å². The first-order valence-corrected chi connectivity index (χ1v) is 15.5. The van der Waals surface area contributed by atoms with Crippen molar-refractivity contribution in [1.82, 2.24) is 10.2 Å². The van der Waals surface area contributed by atoms with E-state index in [-0.39, 0.29) is 22.8 Å². The average Bonchev–Trinajstić information content (AvgIpc) is 3.47. The van der Waals surface area contributed by atoms with Crippen LogP contribution in [0.25, 0.3) is 0 Å². The third-order valence-electron chi connectivity index (χ3n) is 7.70. The van der Waals surface area contributed by atoms with Crippen molar-refractivity contribution in [3.05, 3.63) is 83.4 Å². The monoisotopic (exact) mass is 577 g/mol. The number of benzene rings is 3. The van der Waals surface area contributed by atoms with E-state index in [1.807, 2.05) is 24.3 Å². The molecule has 0 saturated carbocycles. The summed E-state index contributed by atoms with van der Waals surface area (Å²) in [4.78, 5) is 15.9. The molecule has 3 aromatic rings. The van der Waals surface area contributed by atoms with Crippen molar-refractivity contribution in [2.24, 2.45) is 0 Å². The number of carbonyl (C=O) groups excluding carboxylic acids is 1. The van der Waals surface area contributed by atoms with Crippen LogP contribution in [0.15, 0.2) is 71.6 Å². The number of sulfonamides is 1. The molecule has 0 radical (unpaired) electrons. The smallest absolute Gasteiger partial charge is 0.264 e. The van der Waals surface area contributed by atoms with Crippen molar-refractivity contribution >= 4 is 21.6 Å². The molecule has 1 amide bonds. The minimum absolute atomic E-state index is 0.112. The van der Waals surface area contributed by atoms with E-state index in [9.17, 15) is 13.2 Å². The van der Waals surface area contributed by atoms with E-state index in [1.54, 1.807) is 18.2 Å². The van der Waals surface area contributed by atoms with Crippen molar-refractivity contribution in [2.45, 2.75) is 63.1 Å². The molecule has 0 aromatic heterocycles. The summed E-state index contributed by atoms with van der Waals surface area (Å²) < 4.78 is 40.5. The minimum Gasteiger partial charge on any atom is -0.497 e.